The van der Waals surface area contributed by atoms with Crippen molar-refractivity contribution >= 4 is 11.4 Å². The van der Waals surface area contributed by atoms with Gasteiger partial charge in [0, 0.05) is 16.9 Å². The average Bonchev–Trinajstić information content (AvgIpc) is 2.86. The average molecular weight is 398 g/mol. The summed E-state index contributed by atoms with van der Waals surface area (Å²) in [6.45, 7) is 0. The predicted molar refractivity (Wildman–Crippen MR) is 132 cm³/mol. The number of nitrogens with one attached hydrogen (secondary N) is 1. The molecule has 0 aliphatic carbocycles. The normalized spacial score (nSPS) is 10.6. The van der Waals surface area contributed by atoms with E-state index in [1.54, 1.807) is 0 Å². The zero-order chi connectivity index (χ0) is 20.9. The molecule has 0 bridgehead atoms. The summed E-state index contributed by atoms with van der Waals surface area (Å²) < 4.78 is 0. The van der Waals surface area contributed by atoms with Gasteiger partial charge in [-0.2, -0.15) is 0 Å². The fourth-order valence-electron chi connectivity index (χ4n) is 3.87. The van der Waals surface area contributed by atoms with Crippen LogP contribution in [0.2, 0.25) is 0 Å². The second-order valence-electron chi connectivity index (χ2n) is 7.56. The highest BCUT2D eigenvalue weighted by Crippen LogP contribution is 2.33. The number of hydrogen-bond acceptors (Lipinski definition) is 1. The van der Waals surface area contributed by atoms with Gasteiger partial charge < -0.3 is 5.32 Å². The topological polar surface area (TPSA) is 12.0 Å². The van der Waals surface area contributed by atoms with Crippen molar-refractivity contribution in [1.82, 2.24) is 0 Å². The van der Waals surface area contributed by atoms with Crippen LogP contribution in [0.25, 0.3) is 33.4 Å². The van der Waals surface area contributed by atoms with Crippen molar-refractivity contribution in [2.45, 2.75) is 0 Å². The number of benzene rings is 5. The molecule has 0 saturated heterocycles. The SMILES string of the molecule is c1ccc(-c2ccc(Nc3ccccc3-c3cccc(-c4ccccc4)c3)cc2)cc1. The molecule has 0 amide bonds. The van der Waals surface area contributed by atoms with Gasteiger partial charge in [0.15, 0.2) is 0 Å². The van der Waals surface area contributed by atoms with Gasteiger partial charge in [-0.1, -0.05) is 109 Å². The molecular weight excluding hydrogens is 374 g/mol. The summed E-state index contributed by atoms with van der Waals surface area (Å²) >= 11 is 0. The first kappa shape index (κ1) is 18.9. The molecule has 5 rings (SSSR count). The first-order valence-corrected chi connectivity index (χ1v) is 10.5. The van der Waals surface area contributed by atoms with Gasteiger partial charge in [-0.05, 0) is 52.1 Å². The Bertz CT molecular complexity index is 1270. The summed E-state index contributed by atoms with van der Waals surface area (Å²) in [6.07, 6.45) is 0. The Hall–Kier alpha value is -4.10. The molecule has 31 heavy (non-hydrogen) atoms. The molecule has 1 heteroatoms. The van der Waals surface area contributed by atoms with Crippen LogP contribution in [0.15, 0.2) is 133 Å². The van der Waals surface area contributed by atoms with Crippen molar-refractivity contribution in [1.29, 1.82) is 0 Å². The monoisotopic (exact) mass is 397 g/mol. The van der Waals surface area contributed by atoms with E-state index in [4.69, 9.17) is 0 Å². The van der Waals surface area contributed by atoms with Gasteiger partial charge in [0.05, 0.1) is 0 Å². The van der Waals surface area contributed by atoms with Gasteiger partial charge in [0.2, 0.25) is 0 Å². The van der Waals surface area contributed by atoms with E-state index in [0.29, 0.717) is 0 Å². The molecule has 0 saturated carbocycles. The van der Waals surface area contributed by atoms with E-state index in [2.05, 4.69) is 133 Å². The molecule has 5 aromatic carbocycles. The second-order valence-corrected chi connectivity index (χ2v) is 7.56. The van der Waals surface area contributed by atoms with E-state index >= 15 is 0 Å². The van der Waals surface area contributed by atoms with Crippen LogP contribution in [0.3, 0.4) is 0 Å². The molecule has 0 aliphatic rings. The van der Waals surface area contributed by atoms with Gasteiger partial charge in [0.1, 0.15) is 0 Å². The smallest absolute Gasteiger partial charge is 0.0463 e. The Kier molecular flexibility index (Phi) is 5.32. The van der Waals surface area contributed by atoms with E-state index in [0.717, 1.165) is 11.4 Å². The Morgan fingerprint density at radius 1 is 0.355 bits per heavy atom. The maximum absolute atomic E-state index is 3.61. The number of hydrogen-bond donors (Lipinski definition) is 1. The van der Waals surface area contributed by atoms with Crippen LogP contribution in [0, 0.1) is 0 Å². The molecule has 1 nitrogen and oxygen atoms in total. The molecule has 0 aromatic heterocycles. The van der Waals surface area contributed by atoms with E-state index in [1.807, 2.05) is 6.07 Å². The van der Waals surface area contributed by atoms with Crippen molar-refractivity contribution in [3.05, 3.63) is 133 Å². The number of anilines is 2. The fraction of sp³-hybridized carbons (Fsp3) is 0. The minimum Gasteiger partial charge on any atom is -0.355 e. The van der Waals surface area contributed by atoms with E-state index in [1.165, 1.54) is 33.4 Å². The second kappa shape index (κ2) is 8.73. The van der Waals surface area contributed by atoms with Crippen LogP contribution in [0.4, 0.5) is 11.4 Å². The van der Waals surface area contributed by atoms with Crippen molar-refractivity contribution in [3.63, 3.8) is 0 Å². The van der Waals surface area contributed by atoms with Crippen LogP contribution in [-0.4, -0.2) is 0 Å². The van der Waals surface area contributed by atoms with Crippen LogP contribution in [-0.2, 0) is 0 Å². The van der Waals surface area contributed by atoms with Crippen molar-refractivity contribution in [3.8, 4) is 33.4 Å². The quantitative estimate of drug-likeness (QED) is 0.314. The van der Waals surface area contributed by atoms with Gasteiger partial charge in [-0.3, -0.25) is 0 Å². The third-order valence-electron chi connectivity index (χ3n) is 5.48. The third-order valence-corrected chi connectivity index (χ3v) is 5.48. The highest BCUT2D eigenvalue weighted by molar-refractivity contribution is 5.83. The Morgan fingerprint density at radius 2 is 0.871 bits per heavy atom. The molecule has 0 fully saturated rings. The first-order chi connectivity index (χ1) is 15.4. The lowest BCUT2D eigenvalue weighted by Gasteiger charge is -2.14. The minimum atomic E-state index is 1.08. The third kappa shape index (κ3) is 4.26. The van der Waals surface area contributed by atoms with Crippen LogP contribution in [0.1, 0.15) is 0 Å². The lowest BCUT2D eigenvalue weighted by Crippen LogP contribution is -1.93. The predicted octanol–water partition coefficient (Wildman–Crippen LogP) is 8.43. The maximum atomic E-state index is 3.61. The maximum Gasteiger partial charge on any atom is 0.0463 e. The van der Waals surface area contributed by atoms with Crippen molar-refractivity contribution in [2.24, 2.45) is 0 Å². The van der Waals surface area contributed by atoms with E-state index in [9.17, 15) is 0 Å². The summed E-state index contributed by atoms with van der Waals surface area (Å²) in [6, 6.07) is 46.8. The van der Waals surface area contributed by atoms with E-state index < -0.39 is 0 Å². The molecule has 0 atom stereocenters. The molecule has 0 spiro atoms. The minimum absolute atomic E-state index is 1.08. The summed E-state index contributed by atoms with van der Waals surface area (Å²) in [5.74, 6) is 0. The molecule has 1 N–H and O–H groups in total. The molecule has 5 aromatic rings. The molecule has 0 radical (unpaired) electrons. The van der Waals surface area contributed by atoms with Crippen molar-refractivity contribution < 1.29 is 0 Å². The van der Waals surface area contributed by atoms with Gasteiger partial charge in [0.25, 0.3) is 0 Å². The molecule has 0 unspecified atom stereocenters. The number of para-hydroxylation sites is 1. The molecule has 0 heterocycles. The zero-order valence-corrected chi connectivity index (χ0v) is 17.2. The lowest BCUT2D eigenvalue weighted by atomic mass is 9.98. The Labute approximate surface area is 183 Å². The molecule has 148 valence electrons. The summed E-state index contributed by atoms with van der Waals surface area (Å²) in [5.41, 5.74) is 9.46. The molecule has 0 aliphatic heterocycles. The fourth-order valence-corrected chi connectivity index (χ4v) is 3.87. The zero-order valence-electron chi connectivity index (χ0n) is 17.2. The highest BCUT2D eigenvalue weighted by Gasteiger charge is 2.07. The largest absolute Gasteiger partial charge is 0.355 e. The van der Waals surface area contributed by atoms with Crippen LogP contribution in [0.5, 0.6) is 0 Å². The van der Waals surface area contributed by atoms with Crippen molar-refractivity contribution in [2.75, 3.05) is 5.32 Å². The van der Waals surface area contributed by atoms with Gasteiger partial charge in [-0.25, -0.2) is 0 Å². The number of rotatable bonds is 5. The lowest BCUT2D eigenvalue weighted by molar-refractivity contribution is 1.52. The summed E-state index contributed by atoms with van der Waals surface area (Å²) in [4.78, 5) is 0. The highest BCUT2D eigenvalue weighted by atomic mass is 14.9. The Morgan fingerprint density at radius 3 is 1.58 bits per heavy atom. The standard InChI is InChI=1S/C30H23N/c1-3-10-23(11-4-1)25-18-20-28(21-19-25)31-30-17-8-7-16-29(30)27-15-9-14-26(22-27)24-12-5-2-6-13-24/h1-22,31H. The van der Waals surface area contributed by atoms with Gasteiger partial charge >= 0.3 is 0 Å². The van der Waals surface area contributed by atoms with Crippen LogP contribution < -0.4 is 5.32 Å². The Balaban J connectivity index is 1.44. The molecular formula is C30H23N. The van der Waals surface area contributed by atoms with Crippen LogP contribution >= 0.6 is 0 Å². The summed E-state index contributed by atoms with van der Waals surface area (Å²) in [5, 5.41) is 3.61. The summed E-state index contributed by atoms with van der Waals surface area (Å²) in [7, 11) is 0. The van der Waals surface area contributed by atoms with E-state index in [-0.39, 0.29) is 0 Å². The first-order valence-electron chi connectivity index (χ1n) is 10.5. The van der Waals surface area contributed by atoms with Gasteiger partial charge in [-0.15, -0.1) is 0 Å².